The molecule has 5 nitrogen and oxygen atoms in total. The van der Waals surface area contributed by atoms with Crippen molar-refractivity contribution in [1.82, 2.24) is 4.98 Å². The lowest BCUT2D eigenvalue weighted by atomic mass is 9.85. The topological polar surface area (TPSA) is 84.3 Å². The molecular formula is C14H21N3O2. The van der Waals surface area contributed by atoms with Crippen LogP contribution in [0.3, 0.4) is 0 Å². The minimum Gasteiger partial charge on any atom is -0.423 e. The number of aromatic nitrogens is 1. The van der Waals surface area contributed by atoms with Crippen molar-refractivity contribution in [2.45, 2.75) is 33.2 Å². The smallest absolute Gasteiger partial charge is 0.296 e. The third kappa shape index (κ3) is 2.98. The minimum atomic E-state index is -0.00503. The van der Waals surface area contributed by atoms with Crippen LogP contribution in [-0.4, -0.2) is 22.7 Å². The molecule has 1 unspecified atom stereocenters. The second-order valence-electron chi connectivity index (χ2n) is 5.79. The van der Waals surface area contributed by atoms with E-state index in [1.807, 2.05) is 12.1 Å². The van der Waals surface area contributed by atoms with E-state index in [0.29, 0.717) is 29.2 Å². The van der Waals surface area contributed by atoms with Crippen LogP contribution in [0.4, 0.5) is 11.7 Å². The highest BCUT2D eigenvalue weighted by molar-refractivity contribution is 5.86. The second-order valence-corrected chi connectivity index (χ2v) is 5.79. The van der Waals surface area contributed by atoms with Gasteiger partial charge in [0, 0.05) is 12.6 Å². The van der Waals surface area contributed by atoms with E-state index in [9.17, 15) is 0 Å². The Balaban J connectivity index is 2.27. The van der Waals surface area contributed by atoms with E-state index in [-0.39, 0.29) is 18.1 Å². The monoisotopic (exact) mass is 263 g/mol. The molecule has 1 aromatic carbocycles. The molecule has 0 saturated heterocycles. The van der Waals surface area contributed by atoms with Gasteiger partial charge in [0.15, 0.2) is 5.58 Å². The standard InChI is InChI=1S/C14H21N3O2/c1-14(2,3)11(7-8-18)16-13-17-12-9(15)5-4-6-10(12)19-13/h4-6,11,18H,7-8,15H2,1-3H3,(H,16,17). The average Bonchev–Trinajstić information content (AvgIpc) is 2.71. The molecular weight excluding hydrogens is 242 g/mol. The van der Waals surface area contributed by atoms with Gasteiger partial charge in [0.25, 0.3) is 6.01 Å². The molecule has 1 atom stereocenters. The molecule has 0 fully saturated rings. The Morgan fingerprint density at radius 2 is 2.16 bits per heavy atom. The highest BCUT2D eigenvalue weighted by atomic mass is 16.4. The van der Waals surface area contributed by atoms with Gasteiger partial charge in [-0.05, 0) is 24.0 Å². The van der Waals surface area contributed by atoms with Gasteiger partial charge in [0.05, 0.1) is 5.69 Å². The summed E-state index contributed by atoms with van der Waals surface area (Å²) in [5, 5.41) is 12.4. The fraction of sp³-hybridized carbons (Fsp3) is 0.500. The molecule has 0 radical (unpaired) electrons. The summed E-state index contributed by atoms with van der Waals surface area (Å²) in [5.74, 6) is 0. The zero-order chi connectivity index (χ0) is 14.0. The zero-order valence-electron chi connectivity index (χ0n) is 11.6. The number of fused-ring (bicyclic) bond motifs is 1. The summed E-state index contributed by atoms with van der Waals surface area (Å²) < 4.78 is 5.64. The molecule has 1 heterocycles. The largest absolute Gasteiger partial charge is 0.423 e. The van der Waals surface area contributed by atoms with Gasteiger partial charge >= 0.3 is 0 Å². The van der Waals surface area contributed by atoms with Crippen molar-refractivity contribution in [3.63, 3.8) is 0 Å². The van der Waals surface area contributed by atoms with Gasteiger partial charge in [-0.25, -0.2) is 0 Å². The maximum atomic E-state index is 9.15. The summed E-state index contributed by atoms with van der Waals surface area (Å²) in [6.07, 6.45) is 0.637. The van der Waals surface area contributed by atoms with Crippen molar-refractivity contribution in [1.29, 1.82) is 0 Å². The van der Waals surface area contributed by atoms with Crippen LogP contribution in [0.2, 0.25) is 0 Å². The maximum absolute atomic E-state index is 9.15. The van der Waals surface area contributed by atoms with Crippen LogP contribution in [0.1, 0.15) is 27.2 Å². The van der Waals surface area contributed by atoms with Crippen LogP contribution in [-0.2, 0) is 0 Å². The Kier molecular flexibility index (Phi) is 3.66. The van der Waals surface area contributed by atoms with Crippen LogP contribution >= 0.6 is 0 Å². The van der Waals surface area contributed by atoms with Crippen molar-refractivity contribution in [3.05, 3.63) is 18.2 Å². The molecule has 5 heteroatoms. The van der Waals surface area contributed by atoms with E-state index in [0.717, 1.165) is 0 Å². The van der Waals surface area contributed by atoms with Crippen molar-refractivity contribution in [2.75, 3.05) is 17.7 Å². The lowest BCUT2D eigenvalue weighted by Crippen LogP contribution is -2.34. The van der Waals surface area contributed by atoms with Crippen molar-refractivity contribution in [2.24, 2.45) is 5.41 Å². The molecule has 0 bridgehead atoms. The normalized spacial score (nSPS) is 13.7. The summed E-state index contributed by atoms with van der Waals surface area (Å²) in [4.78, 5) is 4.36. The number of nitrogen functional groups attached to an aromatic ring is 1. The number of nitrogens with zero attached hydrogens (tertiary/aromatic N) is 1. The fourth-order valence-electron chi connectivity index (χ4n) is 2.03. The fourth-order valence-corrected chi connectivity index (χ4v) is 2.03. The van der Waals surface area contributed by atoms with Crippen LogP contribution < -0.4 is 11.1 Å². The Labute approximate surface area is 112 Å². The number of benzene rings is 1. The first-order chi connectivity index (χ1) is 8.91. The van der Waals surface area contributed by atoms with E-state index < -0.39 is 0 Å². The van der Waals surface area contributed by atoms with Gasteiger partial charge in [-0.2, -0.15) is 4.98 Å². The Hall–Kier alpha value is -1.75. The number of aliphatic hydroxyl groups is 1. The molecule has 0 amide bonds. The van der Waals surface area contributed by atoms with E-state index in [4.69, 9.17) is 15.3 Å². The Morgan fingerprint density at radius 1 is 1.42 bits per heavy atom. The predicted octanol–water partition coefficient (Wildman–Crippen LogP) is 2.62. The summed E-state index contributed by atoms with van der Waals surface area (Å²) in [6.45, 7) is 6.45. The highest BCUT2D eigenvalue weighted by Gasteiger charge is 2.25. The molecule has 19 heavy (non-hydrogen) atoms. The average molecular weight is 263 g/mol. The van der Waals surface area contributed by atoms with Crippen LogP contribution in [0.15, 0.2) is 22.6 Å². The Morgan fingerprint density at radius 3 is 2.74 bits per heavy atom. The van der Waals surface area contributed by atoms with Crippen LogP contribution in [0, 0.1) is 5.41 Å². The van der Waals surface area contributed by atoms with E-state index in [1.165, 1.54) is 0 Å². The van der Waals surface area contributed by atoms with Gasteiger partial charge in [-0.3, -0.25) is 0 Å². The second kappa shape index (κ2) is 5.09. The summed E-state index contributed by atoms with van der Waals surface area (Å²) in [5.41, 5.74) is 7.78. The Bertz CT molecular complexity index is 557. The molecule has 0 aliphatic heterocycles. The van der Waals surface area contributed by atoms with Gasteiger partial charge in [-0.15, -0.1) is 0 Å². The first-order valence-electron chi connectivity index (χ1n) is 6.44. The third-order valence-corrected chi connectivity index (χ3v) is 3.21. The number of nitrogens with one attached hydrogen (secondary N) is 1. The van der Waals surface area contributed by atoms with Gasteiger partial charge in [-0.1, -0.05) is 26.8 Å². The van der Waals surface area contributed by atoms with E-state index >= 15 is 0 Å². The predicted molar refractivity (Wildman–Crippen MR) is 77.0 cm³/mol. The lowest BCUT2D eigenvalue weighted by Gasteiger charge is -2.30. The summed E-state index contributed by atoms with van der Waals surface area (Å²) >= 11 is 0. The van der Waals surface area contributed by atoms with Gasteiger partial charge in [0.2, 0.25) is 0 Å². The maximum Gasteiger partial charge on any atom is 0.296 e. The zero-order valence-corrected chi connectivity index (χ0v) is 11.6. The molecule has 2 rings (SSSR count). The number of anilines is 2. The van der Waals surface area contributed by atoms with Crippen LogP contribution in [0.25, 0.3) is 11.1 Å². The van der Waals surface area contributed by atoms with Crippen molar-refractivity contribution >= 4 is 22.8 Å². The van der Waals surface area contributed by atoms with E-state index in [1.54, 1.807) is 6.07 Å². The molecule has 0 aliphatic carbocycles. The molecule has 0 saturated carbocycles. The molecule has 0 spiro atoms. The third-order valence-electron chi connectivity index (χ3n) is 3.21. The highest BCUT2D eigenvalue weighted by Crippen LogP contribution is 2.28. The lowest BCUT2D eigenvalue weighted by molar-refractivity contribution is 0.233. The van der Waals surface area contributed by atoms with Gasteiger partial charge in [0.1, 0.15) is 5.52 Å². The number of hydrogen-bond acceptors (Lipinski definition) is 5. The quantitative estimate of drug-likeness (QED) is 0.738. The van der Waals surface area contributed by atoms with Crippen molar-refractivity contribution in [3.8, 4) is 0 Å². The molecule has 1 aromatic heterocycles. The first kappa shape index (κ1) is 13.7. The van der Waals surface area contributed by atoms with Crippen molar-refractivity contribution < 1.29 is 9.52 Å². The molecule has 4 N–H and O–H groups in total. The molecule has 0 aliphatic rings. The number of rotatable bonds is 4. The number of nitrogens with two attached hydrogens (primary N) is 1. The number of hydrogen-bond donors (Lipinski definition) is 3. The number of oxazole rings is 1. The summed E-state index contributed by atoms with van der Waals surface area (Å²) in [7, 11) is 0. The molecule has 104 valence electrons. The summed E-state index contributed by atoms with van der Waals surface area (Å²) in [6, 6.07) is 5.99. The number of para-hydroxylation sites is 1. The number of aliphatic hydroxyl groups excluding tert-OH is 1. The first-order valence-corrected chi connectivity index (χ1v) is 6.44. The van der Waals surface area contributed by atoms with Gasteiger partial charge < -0.3 is 20.6 Å². The van der Waals surface area contributed by atoms with Crippen LogP contribution in [0.5, 0.6) is 0 Å². The SMILES string of the molecule is CC(C)(C)C(CCO)Nc1nc2c(N)cccc2o1. The minimum absolute atomic E-state index is 0.00503. The molecule has 2 aromatic rings. The van der Waals surface area contributed by atoms with E-state index in [2.05, 4.69) is 31.1 Å².